The fourth-order valence-corrected chi connectivity index (χ4v) is 20.9. The first-order valence-corrected chi connectivity index (χ1v) is 16.5. The van der Waals surface area contributed by atoms with Crippen LogP contribution < -0.4 is 0 Å². The van der Waals surface area contributed by atoms with Gasteiger partial charge in [-0.05, 0) is 0 Å². The molecule has 0 saturated carbocycles. The number of halogens is 7. The normalized spacial score (nSPS) is 21.8. The first kappa shape index (κ1) is 23.1. The topological polar surface area (TPSA) is 0 Å². The Labute approximate surface area is 149 Å². The van der Waals surface area contributed by atoms with E-state index in [4.69, 9.17) is 0 Å². The molecule has 148 valence electrons. The molecular weight excluding hydrogens is 456 g/mol. The van der Waals surface area contributed by atoms with Crippen molar-refractivity contribution in [1.29, 1.82) is 0 Å². The van der Waals surface area contributed by atoms with Crippen molar-refractivity contribution in [3.63, 3.8) is 0 Å². The fraction of sp³-hybridized carbons (Fsp3) is 0.882. The van der Waals surface area contributed by atoms with Crippen molar-refractivity contribution in [2.75, 3.05) is 0 Å². The molecule has 0 unspecified atom stereocenters. The summed E-state index contributed by atoms with van der Waals surface area (Å²) in [5, 5.41) is 0. The van der Waals surface area contributed by atoms with Crippen LogP contribution in [0.2, 0.25) is 13.3 Å². The molecule has 8 heteroatoms. The molecule has 0 N–H and O–H groups in total. The number of alkyl halides is 6. The van der Waals surface area contributed by atoms with Crippen LogP contribution in [0.15, 0.2) is 9.42 Å². The summed E-state index contributed by atoms with van der Waals surface area (Å²) in [5.41, 5.74) is 0. The first-order valence-electron chi connectivity index (χ1n) is 9.00. The Kier molecular flexibility index (Phi) is 7.74. The van der Waals surface area contributed by atoms with Gasteiger partial charge in [0.25, 0.3) is 0 Å². The van der Waals surface area contributed by atoms with Crippen molar-refractivity contribution >= 4 is 18.4 Å². The predicted molar refractivity (Wildman–Crippen MR) is 87.9 cm³/mol. The van der Waals surface area contributed by atoms with Crippen LogP contribution in [0.3, 0.4) is 0 Å². The molecule has 0 bridgehead atoms. The van der Waals surface area contributed by atoms with Gasteiger partial charge in [-0.2, -0.15) is 0 Å². The minimum absolute atomic E-state index is 0.218. The molecule has 0 radical (unpaired) electrons. The SMILES string of the molecule is CCC[CH2][Sn]([CH2]CCC)([CH2]CCC)[C]1=C(F)C(F)(F)C(F)(F)C1(F)F. The molecule has 1 aliphatic carbocycles. The number of hydrogen-bond donors (Lipinski definition) is 0. The fourth-order valence-electron chi connectivity index (χ4n) is 3.65. The van der Waals surface area contributed by atoms with E-state index in [1.807, 2.05) is 20.8 Å². The van der Waals surface area contributed by atoms with Crippen LogP contribution in [0.5, 0.6) is 0 Å². The van der Waals surface area contributed by atoms with Crippen molar-refractivity contribution in [3.05, 3.63) is 9.42 Å². The van der Waals surface area contributed by atoms with Gasteiger partial charge in [-0.15, -0.1) is 0 Å². The quantitative estimate of drug-likeness (QED) is 0.223. The number of rotatable bonds is 10. The van der Waals surface area contributed by atoms with E-state index in [2.05, 4.69) is 0 Å². The van der Waals surface area contributed by atoms with Crippen LogP contribution in [0.4, 0.5) is 30.7 Å². The number of allylic oxidation sites excluding steroid dienone is 2. The van der Waals surface area contributed by atoms with Crippen LogP contribution in [0.25, 0.3) is 0 Å². The number of unbranched alkanes of at least 4 members (excludes halogenated alkanes) is 3. The third-order valence-electron chi connectivity index (χ3n) is 5.15. The van der Waals surface area contributed by atoms with E-state index < -0.39 is 45.6 Å². The molecule has 1 aliphatic rings. The Bertz CT molecular complexity index is 464. The Morgan fingerprint density at radius 2 is 1.04 bits per heavy atom. The zero-order chi connectivity index (χ0) is 19.5. The van der Waals surface area contributed by atoms with Crippen molar-refractivity contribution in [2.45, 2.75) is 90.4 Å². The molecule has 0 fully saturated rings. The molecule has 0 aromatic rings. The van der Waals surface area contributed by atoms with Gasteiger partial charge in [-0.3, -0.25) is 0 Å². The van der Waals surface area contributed by atoms with Gasteiger partial charge in [0.1, 0.15) is 0 Å². The standard InChI is InChI=1S/C5F7.3C4H9.Sn/c6-2-1-3(7,8)5(11,12)4(2,9)10;3*1-3-4-2;/h;3*1,3-4H2,2H3;. The third-order valence-corrected chi connectivity index (χ3v) is 20.9. The van der Waals surface area contributed by atoms with Crippen molar-refractivity contribution < 1.29 is 30.7 Å². The maximum atomic E-state index is 14.4. The molecule has 0 atom stereocenters. The molecule has 0 saturated heterocycles. The summed E-state index contributed by atoms with van der Waals surface area (Å²) >= 11 is -4.46. The Balaban J connectivity index is 3.56. The number of hydrogen-bond acceptors (Lipinski definition) is 0. The van der Waals surface area contributed by atoms with Gasteiger partial charge in [0.15, 0.2) is 0 Å². The first-order chi connectivity index (χ1) is 11.5. The van der Waals surface area contributed by atoms with Crippen LogP contribution in [-0.4, -0.2) is 36.1 Å². The molecule has 0 spiro atoms. The molecule has 25 heavy (non-hydrogen) atoms. The average Bonchev–Trinajstić information content (AvgIpc) is 2.63. The van der Waals surface area contributed by atoms with E-state index in [1.54, 1.807) is 0 Å². The summed E-state index contributed by atoms with van der Waals surface area (Å²) < 4.78 is 97.4. The Morgan fingerprint density at radius 1 is 0.680 bits per heavy atom. The van der Waals surface area contributed by atoms with Crippen molar-refractivity contribution in [1.82, 2.24) is 0 Å². The van der Waals surface area contributed by atoms with Crippen molar-refractivity contribution in [2.24, 2.45) is 0 Å². The van der Waals surface area contributed by atoms with Crippen LogP contribution in [-0.2, 0) is 0 Å². The summed E-state index contributed by atoms with van der Waals surface area (Å²) in [6.45, 7) is 5.45. The third kappa shape index (κ3) is 3.86. The van der Waals surface area contributed by atoms with Gasteiger partial charge in [0.2, 0.25) is 0 Å². The summed E-state index contributed by atoms with van der Waals surface area (Å²) in [6.07, 6.45) is 3.33. The van der Waals surface area contributed by atoms with Crippen molar-refractivity contribution in [3.8, 4) is 0 Å². The molecule has 0 aliphatic heterocycles. The van der Waals surface area contributed by atoms with E-state index in [9.17, 15) is 30.7 Å². The van der Waals surface area contributed by atoms with Gasteiger partial charge in [-0.1, -0.05) is 0 Å². The Hall–Kier alpha value is 0.0487. The zero-order valence-electron chi connectivity index (χ0n) is 15.0. The van der Waals surface area contributed by atoms with Crippen LogP contribution in [0, 0.1) is 0 Å². The van der Waals surface area contributed by atoms with Gasteiger partial charge < -0.3 is 0 Å². The second-order valence-corrected chi connectivity index (χ2v) is 20.0. The van der Waals surface area contributed by atoms with Gasteiger partial charge in [-0.25, -0.2) is 0 Å². The predicted octanol–water partition coefficient (Wildman–Crippen LogP) is 7.52. The molecule has 1 rings (SSSR count). The van der Waals surface area contributed by atoms with E-state index >= 15 is 0 Å². The van der Waals surface area contributed by atoms with E-state index in [0.29, 0.717) is 38.5 Å². The molecular formula is C17H27F7Sn. The minimum atomic E-state index is -5.69. The van der Waals surface area contributed by atoms with E-state index in [0.717, 1.165) is 0 Å². The molecule has 0 heterocycles. The molecule has 0 aromatic carbocycles. The second kappa shape index (κ2) is 8.38. The van der Waals surface area contributed by atoms with E-state index in [-0.39, 0.29) is 13.3 Å². The summed E-state index contributed by atoms with van der Waals surface area (Å²) in [4.78, 5) is 0. The molecule has 0 nitrogen and oxygen atoms in total. The second-order valence-electron chi connectivity index (χ2n) is 7.00. The summed E-state index contributed by atoms with van der Waals surface area (Å²) in [5.74, 6) is -18.7. The van der Waals surface area contributed by atoms with Gasteiger partial charge in [0.05, 0.1) is 0 Å². The van der Waals surface area contributed by atoms with Crippen LogP contribution in [0.1, 0.15) is 59.3 Å². The molecule has 0 amide bonds. The average molecular weight is 483 g/mol. The Morgan fingerprint density at radius 3 is 1.28 bits per heavy atom. The van der Waals surface area contributed by atoms with Gasteiger partial charge >= 0.3 is 149 Å². The maximum absolute atomic E-state index is 14.4. The van der Waals surface area contributed by atoms with E-state index in [1.165, 1.54) is 0 Å². The summed E-state index contributed by atoms with van der Waals surface area (Å²) in [6, 6.07) is 0. The summed E-state index contributed by atoms with van der Waals surface area (Å²) in [7, 11) is 0. The van der Waals surface area contributed by atoms with Gasteiger partial charge in [0, 0.05) is 0 Å². The monoisotopic (exact) mass is 484 g/mol. The van der Waals surface area contributed by atoms with Crippen LogP contribution >= 0.6 is 0 Å². The molecule has 0 aromatic heterocycles. The zero-order valence-corrected chi connectivity index (χ0v) is 17.9.